The lowest BCUT2D eigenvalue weighted by Crippen LogP contribution is -2.17. The molecule has 1 aromatic carbocycles. The Morgan fingerprint density at radius 2 is 2.10 bits per heavy atom. The SMILES string of the molecule is CN(C)CCC(OP(C)(=O)O)c1cc([N+](=O)[O-])ccc1O. The number of nitro benzene ring substituents is 1. The van der Waals surface area contributed by atoms with E-state index in [9.17, 15) is 24.7 Å². The van der Waals surface area contributed by atoms with Gasteiger partial charge in [0.05, 0.1) is 11.0 Å². The van der Waals surface area contributed by atoms with Crippen molar-refractivity contribution in [3.8, 4) is 5.75 Å². The predicted molar refractivity (Wildman–Crippen MR) is 77.5 cm³/mol. The molecule has 0 aliphatic carbocycles. The van der Waals surface area contributed by atoms with Crippen LogP contribution in [0.5, 0.6) is 5.75 Å². The Balaban J connectivity index is 3.14. The summed E-state index contributed by atoms with van der Waals surface area (Å²) in [7, 11) is -0.177. The standard InChI is InChI=1S/C12H19N2O6P/c1-13(2)7-6-12(20-21(3,18)19)10-8-9(14(16)17)4-5-11(10)15/h4-5,8,12,15H,6-7H2,1-3H3,(H,18,19). The van der Waals surface area contributed by atoms with Crippen LogP contribution in [0.1, 0.15) is 18.1 Å². The highest BCUT2D eigenvalue weighted by molar-refractivity contribution is 7.51. The van der Waals surface area contributed by atoms with E-state index in [4.69, 9.17) is 4.52 Å². The van der Waals surface area contributed by atoms with Crippen LogP contribution in [-0.4, -0.2) is 47.1 Å². The van der Waals surface area contributed by atoms with Crippen LogP contribution in [0.3, 0.4) is 0 Å². The molecule has 0 fully saturated rings. The van der Waals surface area contributed by atoms with Gasteiger partial charge < -0.3 is 19.4 Å². The number of non-ortho nitro benzene ring substituents is 1. The quantitative estimate of drug-likeness (QED) is 0.449. The lowest BCUT2D eigenvalue weighted by Gasteiger charge is -2.22. The monoisotopic (exact) mass is 318 g/mol. The Kier molecular flexibility index (Phi) is 5.86. The average molecular weight is 318 g/mol. The first-order valence-electron chi connectivity index (χ1n) is 6.21. The lowest BCUT2D eigenvalue weighted by atomic mass is 10.0. The summed E-state index contributed by atoms with van der Waals surface area (Å²) in [6.07, 6.45) is -0.603. The van der Waals surface area contributed by atoms with Gasteiger partial charge in [-0.1, -0.05) is 0 Å². The van der Waals surface area contributed by atoms with E-state index in [0.29, 0.717) is 13.0 Å². The molecule has 9 heteroatoms. The fourth-order valence-electron chi connectivity index (χ4n) is 1.79. The van der Waals surface area contributed by atoms with Crippen LogP contribution in [0, 0.1) is 10.1 Å². The molecule has 0 aliphatic rings. The van der Waals surface area contributed by atoms with Crippen LogP contribution in [0.15, 0.2) is 18.2 Å². The van der Waals surface area contributed by atoms with Crippen LogP contribution in [0.25, 0.3) is 0 Å². The molecular weight excluding hydrogens is 299 g/mol. The molecule has 0 bridgehead atoms. The zero-order valence-electron chi connectivity index (χ0n) is 12.1. The van der Waals surface area contributed by atoms with Gasteiger partial charge >= 0.3 is 7.60 Å². The largest absolute Gasteiger partial charge is 0.508 e. The molecule has 0 saturated carbocycles. The summed E-state index contributed by atoms with van der Waals surface area (Å²) in [5.41, 5.74) is -0.0905. The third-order valence-corrected chi connectivity index (χ3v) is 3.38. The summed E-state index contributed by atoms with van der Waals surface area (Å²) in [5.74, 6) is -0.210. The summed E-state index contributed by atoms with van der Waals surface area (Å²) < 4.78 is 16.6. The van der Waals surface area contributed by atoms with Gasteiger partial charge in [0.2, 0.25) is 0 Å². The third kappa shape index (κ3) is 5.81. The van der Waals surface area contributed by atoms with Gasteiger partial charge in [-0.05, 0) is 26.6 Å². The van der Waals surface area contributed by atoms with Crippen molar-refractivity contribution in [3.63, 3.8) is 0 Å². The minimum Gasteiger partial charge on any atom is -0.508 e. The van der Waals surface area contributed by atoms with E-state index in [1.54, 1.807) is 0 Å². The molecule has 2 N–H and O–H groups in total. The van der Waals surface area contributed by atoms with Gasteiger partial charge in [-0.25, -0.2) is 0 Å². The van der Waals surface area contributed by atoms with Crippen molar-refractivity contribution in [1.29, 1.82) is 0 Å². The Hall–Kier alpha value is -1.47. The van der Waals surface area contributed by atoms with Crippen molar-refractivity contribution in [2.24, 2.45) is 0 Å². The zero-order valence-corrected chi connectivity index (χ0v) is 13.0. The lowest BCUT2D eigenvalue weighted by molar-refractivity contribution is -0.385. The van der Waals surface area contributed by atoms with E-state index in [1.807, 2.05) is 19.0 Å². The predicted octanol–water partition coefficient (Wildman–Crippen LogP) is 2.13. The summed E-state index contributed by atoms with van der Waals surface area (Å²) in [5, 5.41) is 20.7. The van der Waals surface area contributed by atoms with E-state index in [0.717, 1.165) is 18.8 Å². The second kappa shape index (κ2) is 7.00. The molecule has 118 valence electrons. The molecule has 0 aromatic heterocycles. The smallest absolute Gasteiger partial charge is 0.325 e. The van der Waals surface area contributed by atoms with E-state index < -0.39 is 18.6 Å². The number of nitro groups is 1. The maximum Gasteiger partial charge on any atom is 0.325 e. The number of aromatic hydroxyl groups is 1. The molecule has 21 heavy (non-hydrogen) atoms. The number of phenolic OH excluding ortho intramolecular Hbond substituents is 1. The molecule has 0 saturated heterocycles. The Labute approximate surface area is 122 Å². The fourth-order valence-corrected chi connectivity index (χ4v) is 2.48. The number of benzene rings is 1. The normalized spacial score (nSPS) is 15.7. The van der Waals surface area contributed by atoms with Crippen molar-refractivity contribution in [1.82, 2.24) is 4.90 Å². The first kappa shape index (κ1) is 17.6. The van der Waals surface area contributed by atoms with Crippen molar-refractivity contribution in [2.45, 2.75) is 12.5 Å². The molecule has 0 heterocycles. The van der Waals surface area contributed by atoms with E-state index in [1.165, 1.54) is 6.07 Å². The third-order valence-electron chi connectivity index (χ3n) is 2.73. The summed E-state index contributed by atoms with van der Waals surface area (Å²) >= 11 is 0. The van der Waals surface area contributed by atoms with E-state index in [2.05, 4.69) is 0 Å². The number of phenols is 1. The van der Waals surface area contributed by atoms with Gasteiger partial charge in [-0.2, -0.15) is 0 Å². The zero-order chi connectivity index (χ0) is 16.2. The fraction of sp³-hybridized carbons (Fsp3) is 0.500. The first-order chi connectivity index (χ1) is 9.60. The highest BCUT2D eigenvalue weighted by atomic mass is 31.2. The molecule has 0 aliphatic heterocycles. The number of hydrogen-bond donors (Lipinski definition) is 2. The van der Waals surface area contributed by atoms with Crippen LogP contribution < -0.4 is 0 Å². The van der Waals surface area contributed by atoms with Crippen molar-refractivity contribution >= 4 is 13.3 Å². The van der Waals surface area contributed by atoms with Crippen LogP contribution in [0.2, 0.25) is 0 Å². The van der Waals surface area contributed by atoms with Gasteiger partial charge in [0.1, 0.15) is 5.75 Å². The Morgan fingerprint density at radius 1 is 1.48 bits per heavy atom. The average Bonchev–Trinajstić information content (AvgIpc) is 2.33. The number of nitrogens with zero attached hydrogens (tertiary/aromatic N) is 2. The minimum atomic E-state index is -3.81. The Bertz CT molecular complexity index is 557. The summed E-state index contributed by atoms with van der Waals surface area (Å²) in [6.45, 7) is 1.55. The summed E-state index contributed by atoms with van der Waals surface area (Å²) in [4.78, 5) is 21.4. The molecule has 2 atom stereocenters. The van der Waals surface area contributed by atoms with Crippen molar-refractivity contribution < 1.29 is 24.0 Å². The molecular formula is C12H19N2O6P. The molecule has 0 radical (unpaired) electrons. The maximum atomic E-state index is 11.5. The topological polar surface area (TPSA) is 113 Å². The molecule has 1 aromatic rings. The molecule has 0 spiro atoms. The van der Waals surface area contributed by atoms with Gasteiger partial charge in [0, 0.05) is 30.9 Å². The van der Waals surface area contributed by atoms with Crippen molar-refractivity contribution in [3.05, 3.63) is 33.9 Å². The minimum absolute atomic E-state index is 0.127. The van der Waals surface area contributed by atoms with E-state index in [-0.39, 0.29) is 17.0 Å². The van der Waals surface area contributed by atoms with Crippen LogP contribution >= 0.6 is 7.60 Å². The Morgan fingerprint density at radius 3 is 2.57 bits per heavy atom. The van der Waals surface area contributed by atoms with E-state index >= 15 is 0 Å². The maximum absolute atomic E-state index is 11.5. The second-order valence-electron chi connectivity index (χ2n) is 4.99. The summed E-state index contributed by atoms with van der Waals surface area (Å²) in [6, 6.07) is 3.50. The van der Waals surface area contributed by atoms with Gasteiger partial charge in [0.15, 0.2) is 0 Å². The van der Waals surface area contributed by atoms with Crippen LogP contribution in [-0.2, 0) is 9.09 Å². The first-order valence-corrected chi connectivity index (χ1v) is 8.23. The van der Waals surface area contributed by atoms with Crippen molar-refractivity contribution in [2.75, 3.05) is 27.3 Å². The van der Waals surface area contributed by atoms with Crippen LogP contribution in [0.4, 0.5) is 5.69 Å². The van der Waals surface area contributed by atoms with Gasteiger partial charge in [-0.3, -0.25) is 14.7 Å². The van der Waals surface area contributed by atoms with Gasteiger partial charge in [0.25, 0.3) is 5.69 Å². The second-order valence-corrected chi connectivity index (χ2v) is 6.81. The molecule has 8 nitrogen and oxygen atoms in total. The molecule has 2 unspecified atom stereocenters. The number of hydrogen-bond acceptors (Lipinski definition) is 6. The molecule has 0 amide bonds. The van der Waals surface area contributed by atoms with Gasteiger partial charge in [-0.15, -0.1) is 0 Å². The highest BCUT2D eigenvalue weighted by Gasteiger charge is 2.25. The highest BCUT2D eigenvalue weighted by Crippen LogP contribution is 2.46. The molecule has 1 rings (SSSR count). The number of rotatable bonds is 7.